The third kappa shape index (κ3) is 1.75. The fourth-order valence-corrected chi connectivity index (χ4v) is 0.921. The van der Waals surface area contributed by atoms with Crippen LogP contribution in [-0.4, -0.2) is 17.6 Å². The molecule has 0 aliphatic heterocycles. The summed E-state index contributed by atoms with van der Waals surface area (Å²) in [7, 11) is 0. The molecule has 0 fully saturated rings. The second-order valence-corrected chi connectivity index (χ2v) is 2.38. The number of benzene rings is 1. The Balaban J connectivity index is 2.87. The number of hydrogen-bond donors (Lipinski definition) is 2. The van der Waals surface area contributed by atoms with Gasteiger partial charge in [0.25, 0.3) is 5.91 Å². The van der Waals surface area contributed by atoms with Gasteiger partial charge in [-0.15, -0.1) is 0 Å². The molecule has 0 saturated carbocycles. The second kappa shape index (κ2) is 3.76. The van der Waals surface area contributed by atoms with Crippen molar-refractivity contribution in [2.75, 3.05) is 6.54 Å². The molecule has 0 bridgehead atoms. The standard InChI is InChI=1S/C9H11NO2/c1-2-10-9(12)7-5-3-4-6-8(7)11/h3-6,11H,2H2,1H3,(H,10,12). The van der Waals surface area contributed by atoms with Crippen molar-refractivity contribution in [3.8, 4) is 5.75 Å². The zero-order valence-corrected chi connectivity index (χ0v) is 6.87. The zero-order valence-electron chi connectivity index (χ0n) is 6.87. The van der Waals surface area contributed by atoms with Crippen molar-refractivity contribution in [1.29, 1.82) is 0 Å². The van der Waals surface area contributed by atoms with Crippen LogP contribution in [0.2, 0.25) is 0 Å². The lowest BCUT2D eigenvalue weighted by Crippen LogP contribution is -2.22. The van der Waals surface area contributed by atoms with Crippen LogP contribution in [0.4, 0.5) is 0 Å². The molecule has 2 N–H and O–H groups in total. The molecule has 0 aliphatic carbocycles. The van der Waals surface area contributed by atoms with Gasteiger partial charge >= 0.3 is 0 Å². The van der Waals surface area contributed by atoms with Crippen LogP contribution < -0.4 is 5.32 Å². The Morgan fingerprint density at radius 2 is 2.17 bits per heavy atom. The van der Waals surface area contributed by atoms with E-state index in [9.17, 15) is 9.90 Å². The highest BCUT2D eigenvalue weighted by Gasteiger charge is 2.07. The van der Waals surface area contributed by atoms with Crippen molar-refractivity contribution in [3.05, 3.63) is 29.8 Å². The first kappa shape index (κ1) is 8.59. The summed E-state index contributed by atoms with van der Waals surface area (Å²) in [5.41, 5.74) is 0.319. The van der Waals surface area contributed by atoms with E-state index in [1.54, 1.807) is 18.2 Å². The Labute approximate surface area is 71.0 Å². The van der Waals surface area contributed by atoms with E-state index in [2.05, 4.69) is 5.32 Å². The molecule has 0 aromatic heterocycles. The topological polar surface area (TPSA) is 49.3 Å². The quantitative estimate of drug-likeness (QED) is 0.690. The fourth-order valence-electron chi connectivity index (χ4n) is 0.921. The molecular formula is C9H11NO2. The van der Waals surface area contributed by atoms with Gasteiger partial charge in [0, 0.05) is 6.54 Å². The molecule has 0 atom stereocenters. The van der Waals surface area contributed by atoms with Crippen molar-refractivity contribution in [3.63, 3.8) is 0 Å². The number of rotatable bonds is 2. The zero-order chi connectivity index (χ0) is 8.97. The molecule has 1 aromatic rings. The predicted octanol–water partition coefficient (Wildman–Crippen LogP) is 1.14. The van der Waals surface area contributed by atoms with Crippen LogP contribution in [-0.2, 0) is 0 Å². The lowest BCUT2D eigenvalue weighted by atomic mass is 10.2. The highest BCUT2D eigenvalue weighted by atomic mass is 16.3. The predicted molar refractivity (Wildman–Crippen MR) is 46.1 cm³/mol. The Kier molecular flexibility index (Phi) is 2.69. The summed E-state index contributed by atoms with van der Waals surface area (Å²) in [5.74, 6) is -0.223. The van der Waals surface area contributed by atoms with Gasteiger partial charge in [-0.25, -0.2) is 0 Å². The molecule has 0 heterocycles. The van der Waals surface area contributed by atoms with Crippen LogP contribution >= 0.6 is 0 Å². The SMILES string of the molecule is CCNC(=O)c1ccccc1O. The molecule has 12 heavy (non-hydrogen) atoms. The Morgan fingerprint density at radius 3 is 2.75 bits per heavy atom. The van der Waals surface area contributed by atoms with Gasteiger partial charge in [0.1, 0.15) is 5.75 Å². The summed E-state index contributed by atoms with van der Waals surface area (Å²) >= 11 is 0. The minimum atomic E-state index is -0.240. The molecule has 0 radical (unpaired) electrons. The first-order chi connectivity index (χ1) is 5.75. The average Bonchev–Trinajstić information content (AvgIpc) is 2.05. The minimum Gasteiger partial charge on any atom is -0.507 e. The van der Waals surface area contributed by atoms with E-state index in [4.69, 9.17) is 0 Å². The van der Waals surface area contributed by atoms with E-state index in [1.807, 2.05) is 6.92 Å². The molecule has 3 heteroatoms. The molecule has 0 saturated heterocycles. The highest BCUT2D eigenvalue weighted by molar-refractivity contribution is 5.96. The van der Waals surface area contributed by atoms with E-state index < -0.39 is 0 Å². The van der Waals surface area contributed by atoms with E-state index in [0.717, 1.165) is 0 Å². The maximum Gasteiger partial charge on any atom is 0.255 e. The summed E-state index contributed by atoms with van der Waals surface area (Å²) in [6, 6.07) is 6.47. The Hall–Kier alpha value is -1.51. The van der Waals surface area contributed by atoms with E-state index in [0.29, 0.717) is 12.1 Å². The van der Waals surface area contributed by atoms with Gasteiger partial charge in [-0.05, 0) is 19.1 Å². The maximum atomic E-state index is 11.2. The summed E-state index contributed by atoms with van der Waals surface area (Å²) in [6.45, 7) is 2.39. The molecule has 0 aliphatic rings. The van der Waals surface area contributed by atoms with Crippen LogP contribution in [0.3, 0.4) is 0 Å². The van der Waals surface area contributed by atoms with Crippen LogP contribution in [0.1, 0.15) is 17.3 Å². The third-order valence-electron chi connectivity index (χ3n) is 1.49. The Morgan fingerprint density at radius 1 is 1.50 bits per heavy atom. The molecule has 1 aromatic carbocycles. The fraction of sp³-hybridized carbons (Fsp3) is 0.222. The van der Waals surface area contributed by atoms with Crippen LogP contribution in [0.15, 0.2) is 24.3 Å². The Bertz CT molecular complexity index is 284. The molecular weight excluding hydrogens is 154 g/mol. The van der Waals surface area contributed by atoms with E-state index in [1.165, 1.54) is 6.07 Å². The lowest BCUT2D eigenvalue weighted by molar-refractivity contribution is 0.0953. The maximum absolute atomic E-state index is 11.2. The molecule has 0 unspecified atom stereocenters. The summed E-state index contributed by atoms with van der Waals surface area (Å²) in [4.78, 5) is 11.2. The number of phenolic OH excluding ortho intramolecular Hbond substituents is 1. The van der Waals surface area contributed by atoms with Crippen molar-refractivity contribution in [2.24, 2.45) is 0 Å². The third-order valence-corrected chi connectivity index (χ3v) is 1.49. The van der Waals surface area contributed by atoms with Gasteiger partial charge < -0.3 is 10.4 Å². The van der Waals surface area contributed by atoms with Crippen molar-refractivity contribution in [2.45, 2.75) is 6.92 Å². The molecule has 1 amide bonds. The largest absolute Gasteiger partial charge is 0.507 e. The summed E-state index contributed by atoms with van der Waals surface area (Å²) < 4.78 is 0. The number of carbonyl (C=O) groups is 1. The molecule has 3 nitrogen and oxygen atoms in total. The molecule has 1 rings (SSSR count). The smallest absolute Gasteiger partial charge is 0.255 e. The second-order valence-electron chi connectivity index (χ2n) is 2.38. The summed E-state index contributed by atoms with van der Waals surface area (Å²) in [5, 5.41) is 11.9. The normalized spacial score (nSPS) is 9.42. The van der Waals surface area contributed by atoms with Gasteiger partial charge in [-0.3, -0.25) is 4.79 Å². The number of hydrogen-bond acceptors (Lipinski definition) is 2. The number of carbonyl (C=O) groups excluding carboxylic acids is 1. The van der Waals surface area contributed by atoms with Crippen molar-refractivity contribution >= 4 is 5.91 Å². The van der Waals surface area contributed by atoms with Gasteiger partial charge in [0.2, 0.25) is 0 Å². The number of aromatic hydroxyl groups is 1. The van der Waals surface area contributed by atoms with Gasteiger partial charge in [-0.1, -0.05) is 12.1 Å². The summed E-state index contributed by atoms with van der Waals surface area (Å²) in [6.07, 6.45) is 0. The van der Waals surface area contributed by atoms with Crippen LogP contribution in [0, 0.1) is 0 Å². The average molecular weight is 165 g/mol. The first-order valence-corrected chi connectivity index (χ1v) is 3.82. The van der Waals surface area contributed by atoms with Crippen LogP contribution in [0.5, 0.6) is 5.75 Å². The van der Waals surface area contributed by atoms with E-state index >= 15 is 0 Å². The van der Waals surface area contributed by atoms with Crippen molar-refractivity contribution < 1.29 is 9.90 Å². The van der Waals surface area contributed by atoms with Gasteiger partial charge in [-0.2, -0.15) is 0 Å². The van der Waals surface area contributed by atoms with Gasteiger partial charge in [0.15, 0.2) is 0 Å². The van der Waals surface area contributed by atoms with Crippen molar-refractivity contribution in [1.82, 2.24) is 5.32 Å². The van der Waals surface area contributed by atoms with Gasteiger partial charge in [0.05, 0.1) is 5.56 Å². The minimum absolute atomic E-state index is 0.0171. The lowest BCUT2D eigenvalue weighted by Gasteiger charge is -2.02. The number of nitrogens with one attached hydrogen (secondary N) is 1. The number of amides is 1. The highest BCUT2D eigenvalue weighted by Crippen LogP contribution is 2.14. The number of phenols is 1. The molecule has 64 valence electrons. The van der Waals surface area contributed by atoms with E-state index in [-0.39, 0.29) is 11.7 Å². The first-order valence-electron chi connectivity index (χ1n) is 3.82. The number of para-hydroxylation sites is 1. The van der Waals surface area contributed by atoms with Crippen LogP contribution in [0.25, 0.3) is 0 Å². The monoisotopic (exact) mass is 165 g/mol. The molecule has 0 spiro atoms.